The van der Waals surface area contributed by atoms with Crippen LogP contribution in [0.3, 0.4) is 0 Å². The van der Waals surface area contributed by atoms with Gasteiger partial charge in [0.1, 0.15) is 5.75 Å². The van der Waals surface area contributed by atoms with Crippen LogP contribution >= 0.6 is 0 Å². The molecule has 3 heteroatoms. The molecule has 0 heterocycles. The molecule has 2 N–H and O–H groups in total. The van der Waals surface area contributed by atoms with Crippen molar-refractivity contribution in [3.05, 3.63) is 23.8 Å². The molecule has 2 rings (SSSR count). The summed E-state index contributed by atoms with van der Waals surface area (Å²) in [5.41, 5.74) is 8.73. The summed E-state index contributed by atoms with van der Waals surface area (Å²) in [7, 11) is 5.81. The molecule has 88 valence electrons. The number of methoxy groups -OCH3 is 1. The van der Waals surface area contributed by atoms with E-state index in [1.165, 1.54) is 11.3 Å². The lowest BCUT2D eigenvalue weighted by molar-refractivity contribution is 0.414. The van der Waals surface area contributed by atoms with Crippen molar-refractivity contribution in [2.45, 2.75) is 24.8 Å². The van der Waals surface area contributed by atoms with Crippen LogP contribution in [0.2, 0.25) is 0 Å². The zero-order valence-corrected chi connectivity index (χ0v) is 10.3. The summed E-state index contributed by atoms with van der Waals surface area (Å²) in [6.45, 7) is 0. The van der Waals surface area contributed by atoms with Gasteiger partial charge in [0.25, 0.3) is 0 Å². The molecule has 0 amide bonds. The maximum atomic E-state index is 6.18. The van der Waals surface area contributed by atoms with E-state index in [9.17, 15) is 0 Å². The van der Waals surface area contributed by atoms with Gasteiger partial charge in [-0.15, -0.1) is 0 Å². The molecule has 1 fully saturated rings. The van der Waals surface area contributed by atoms with E-state index in [0.29, 0.717) is 0 Å². The van der Waals surface area contributed by atoms with Gasteiger partial charge in [0, 0.05) is 25.3 Å². The van der Waals surface area contributed by atoms with E-state index >= 15 is 0 Å². The fourth-order valence-electron chi connectivity index (χ4n) is 1.98. The SMILES string of the molecule is COc1ccc(N(C)C)c(CC2(N)CC2)c1. The molecular formula is C13H20N2O. The van der Waals surface area contributed by atoms with Gasteiger partial charge in [-0.25, -0.2) is 0 Å². The van der Waals surface area contributed by atoms with Gasteiger partial charge < -0.3 is 15.4 Å². The average Bonchev–Trinajstić information content (AvgIpc) is 2.95. The van der Waals surface area contributed by atoms with Gasteiger partial charge in [-0.3, -0.25) is 0 Å². The van der Waals surface area contributed by atoms with Crippen LogP contribution in [0.15, 0.2) is 18.2 Å². The second kappa shape index (κ2) is 3.98. The largest absolute Gasteiger partial charge is 0.497 e. The summed E-state index contributed by atoms with van der Waals surface area (Å²) in [5, 5.41) is 0. The second-order valence-corrected chi connectivity index (χ2v) is 4.93. The fraction of sp³-hybridized carbons (Fsp3) is 0.538. The van der Waals surface area contributed by atoms with Crippen molar-refractivity contribution < 1.29 is 4.74 Å². The highest BCUT2D eigenvalue weighted by molar-refractivity contribution is 5.56. The number of nitrogens with two attached hydrogens (primary N) is 1. The van der Waals surface area contributed by atoms with Gasteiger partial charge in [0.05, 0.1) is 7.11 Å². The summed E-state index contributed by atoms with van der Waals surface area (Å²) >= 11 is 0. The Hall–Kier alpha value is -1.22. The minimum atomic E-state index is 0.0388. The Labute approximate surface area is 97.2 Å². The molecule has 0 aromatic heterocycles. The standard InChI is InChI=1S/C13H20N2O/c1-15(2)12-5-4-11(16-3)8-10(12)9-13(14)6-7-13/h4-5,8H,6-7,9,14H2,1-3H3. The number of hydrogen-bond acceptors (Lipinski definition) is 3. The number of benzene rings is 1. The first-order chi connectivity index (χ1) is 7.54. The monoisotopic (exact) mass is 220 g/mol. The zero-order valence-electron chi connectivity index (χ0n) is 10.3. The van der Waals surface area contributed by atoms with Gasteiger partial charge in [0.2, 0.25) is 0 Å². The summed E-state index contributed by atoms with van der Waals surface area (Å²) in [4.78, 5) is 2.13. The predicted octanol–water partition coefficient (Wildman–Crippen LogP) is 1.79. The summed E-state index contributed by atoms with van der Waals surface area (Å²) in [6, 6.07) is 6.19. The van der Waals surface area contributed by atoms with Crippen molar-refractivity contribution in [2.75, 3.05) is 26.1 Å². The molecule has 0 atom stereocenters. The van der Waals surface area contributed by atoms with E-state index in [1.807, 2.05) is 6.07 Å². The van der Waals surface area contributed by atoms with E-state index in [4.69, 9.17) is 10.5 Å². The lowest BCUT2D eigenvalue weighted by atomic mass is 10.0. The average molecular weight is 220 g/mol. The third-order valence-electron chi connectivity index (χ3n) is 3.20. The Morgan fingerprint density at radius 2 is 2.06 bits per heavy atom. The van der Waals surface area contributed by atoms with E-state index < -0.39 is 0 Å². The van der Waals surface area contributed by atoms with Gasteiger partial charge in [-0.2, -0.15) is 0 Å². The van der Waals surface area contributed by atoms with Crippen LogP contribution < -0.4 is 15.4 Å². The van der Waals surface area contributed by atoms with Crippen molar-refractivity contribution in [3.8, 4) is 5.75 Å². The number of rotatable bonds is 4. The van der Waals surface area contributed by atoms with Gasteiger partial charge in [0.15, 0.2) is 0 Å². The molecule has 0 aliphatic heterocycles. The first-order valence-corrected chi connectivity index (χ1v) is 5.67. The minimum absolute atomic E-state index is 0.0388. The lowest BCUT2D eigenvalue weighted by Crippen LogP contribution is -2.25. The van der Waals surface area contributed by atoms with E-state index in [0.717, 1.165) is 25.0 Å². The molecule has 1 aliphatic rings. The predicted molar refractivity (Wildman–Crippen MR) is 67.2 cm³/mol. The molecule has 1 saturated carbocycles. The van der Waals surface area contributed by atoms with Gasteiger partial charge in [-0.1, -0.05) is 0 Å². The third-order valence-corrected chi connectivity index (χ3v) is 3.20. The molecule has 0 saturated heterocycles. The maximum Gasteiger partial charge on any atom is 0.119 e. The quantitative estimate of drug-likeness (QED) is 0.841. The molecule has 0 unspecified atom stereocenters. The number of nitrogens with zero attached hydrogens (tertiary/aromatic N) is 1. The molecule has 0 spiro atoms. The van der Waals surface area contributed by atoms with Crippen LogP contribution in [0.25, 0.3) is 0 Å². The Balaban J connectivity index is 2.30. The van der Waals surface area contributed by atoms with Crippen LogP contribution in [0.5, 0.6) is 5.75 Å². The van der Waals surface area contributed by atoms with Crippen molar-refractivity contribution in [1.82, 2.24) is 0 Å². The number of anilines is 1. The van der Waals surface area contributed by atoms with Crippen molar-refractivity contribution in [2.24, 2.45) is 5.73 Å². The first kappa shape index (κ1) is 11.3. The topological polar surface area (TPSA) is 38.5 Å². The zero-order chi connectivity index (χ0) is 11.8. The normalized spacial score (nSPS) is 17.0. The van der Waals surface area contributed by atoms with Crippen molar-refractivity contribution >= 4 is 5.69 Å². The Morgan fingerprint density at radius 3 is 2.56 bits per heavy atom. The summed E-state index contributed by atoms with van der Waals surface area (Å²) in [6.07, 6.45) is 3.21. The molecule has 0 bridgehead atoms. The fourth-order valence-corrected chi connectivity index (χ4v) is 1.98. The number of ether oxygens (including phenoxy) is 1. The molecular weight excluding hydrogens is 200 g/mol. The minimum Gasteiger partial charge on any atom is -0.497 e. The molecule has 1 aromatic carbocycles. The highest BCUT2D eigenvalue weighted by atomic mass is 16.5. The molecule has 1 aliphatic carbocycles. The second-order valence-electron chi connectivity index (χ2n) is 4.93. The molecule has 0 radical (unpaired) electrons. The van der Waals surface area contributed by atoms with E-state index in [-0.39, 0.29) is 5.54 Å². The lowest BCUT2D eigenvalue weighted by Gasteiger charge is -2.20. The van der Waals surface area contributed by atoms with Crippen molar-refractivity contribution in [3.63, 3.8) is 0 Å². The molecule has 3 nitrogen and oxygen atoms in total. The molecule has 16 heavy (non-hydrogen) atoms. The number of hydrogen-bond donors (Lipinski definition) is 1. The highest BCUT2D eigenvalue weighted by Crippen LogP contribution is 2.38. The van der Waals surface area contributed by atoms with E-state index in [1.54, 1.807) is 7.11 Å². The summed E-state index contributed by atoms with van der Waals surface area (Å²) in [5.74, 6) is 0.907. The Kier molecular flexibility index (Phi) is 2.80. The molecule has 1 aromatic rings. The van der Waals surface area contributed by atoms with E-state index in [2.05, 4.69) is 31.1 Å². The Bertz CT molecular complexity index is 384. The third kappa shape index (κ3) is 2.30. The maximum absolute atomic E-state index is 6.18. The summed E-state index contributed by atoms with van der Waals surface area (Å²) < 4.78 is 5.27. The van der Waals surface area contributed by atoms with Crippen LogP contribution in [-0.2, 0) is 6.42 Å². The van der Waals surface area contributed by atoms with Crippen LogP contribution in [0.1, 0.15) is 18.4 Å². The van der Waals surface area contributed by atoms with Gasteiger partial charge in [-0.05, 0) is 43.0 Å². The Morgan fingerprint density at radius 1 is 1.38 bits per heavy atom. The van der Waals surface area contributed by atoms with Gasteiger partial charge >= 0.3 is 0 Å². The smallest absolute Gasteiger partial charge is 0.119 e. The highest BCUT2D eigenvalue weighted by Gasteiger charge is 2.38. The van der Waals surface area contributed by atoms with Crippen LogP contribution in [-0.4, -0.2) is 26.7 Å². The van der Waals surface area contributed by atoms with Crippen molar-refractivity contribution in [1.29, 1.82) is 0 Å². The van der Waals surface area contributed by atoms with Crippen LogP contribution in [0.4, 0.5) is 5.69 Å². The first-order valence-electron chi connectivity index (χ1n) is 5.67. The van der Waals surface area contributed by atoms with Crippen LogP contribution in [0, 0.1) is 0 Å².